The van der Waals surface area contributed by atoms with Crippen molar-refractivity contribution < 1.29 is 4.74 Å². The number of aryl methyl sites for hydroxylation is 1. The van der Waals surface area contributed by atoms with E-state index in [9.17, 15) is 0 Å². The van der Waals surface area contributed by atoms with E-state index in [2.05, 4.69) is 28.3 Å². The van der Waals surface area contributed by atoms with Crippen molar-refractivity contribution in [3.05, 3.63) is 22.0 Å². The summed E-state index contributed by atoms with van der Waals surface area (Å²) in [7, 11) is 0. The molecule has 0 unspecified atom stereocenters. The lowest BCUT2D eigenvalue weighted by atomic mass is 10.1. The van der Waals surface area contributed by atoms with Crippen molar-refractivity contribution in [3.63, 3.8) is 0 Å². The van der Waals surface area contributed by atoms with Gasteiger partial charge in [-0.1, -0.05) is 6.92 Å². The largest absolute Gasteiger partial charge is 0.484 e. The van der Waals surface area contributed by atoms with Gasteiger partial charge in [0.15, 0.2) is 5.75 Å². The van der Waals surface area contributed by atoms with E-state index in [1.165, 1.54) is 15.3 Å². The molecule has 4 nitrogen and oxygen atoms in total. The Hall–Kier alpha value is -1.62. The van der Waals surface area contributed by atoms with E-state index in [-0.39, 0.29) is 0 Å². The quantitative estimate of drug-likeness (QED) is 0.922. The second-order valence-electron chi connectivity index (χ2n) is 4.13. The molecule has 0 bridgehead atoms. The lowest BCUT2D eigenvalue weighted by molar-refractivity contribution is 0.303. The molecule has 0 spiro atoms. The third kappa shape index (κ3) is 1.84. The lowest BCUT2D eigenvalue weighted by Gasteiger charge is -2.16. The highest BCUT2D eigenvalue weighted by molar-refractivity contribution is 7.12. The lowest BCUT2D eigenvalue weighted by Crippen LogP contribution is -2.08. The van der Waals surface area contributed by atoms with Gasteiger partial charge in [0.05, 0.1) is 11.1 Å². The van der Waals surface area contributed by atoms with Crippen molar-refractivity contribution in [2.45, 2.75) is 26.9 Å². The molecule has 0 saturated carbocycles. The first-order valence-electron chi connectivity index (χ1n) is 6.17. The molecule has 0 aliphatic carbocycles. The number of anilines is 1. The Balaban J connectivity index is 2.08. The van der Waals surface area contributed by atoms with Gasteiger partial charge in [-0.15, -0.1) is 11.3 Å². The third-order valence-electron chi connectivity index (χ3n) is 2.91. The Morgan fingerprint density at radius 1 is 1.44 bits per heavy atom. The predicted molar refractivity (Wildman–Crippen MR) is 73.2 cm³/mol. The Morgan fingerprint density at radius 3 is 3.11 bits per heavy atom. The second kappa shape index (κ2) is 4.57. The normalized spacial score (nSPS) is 12.6. The fraction of sp³-hybridized carbons (Fsp3) is 0.385. The minimum Gasteiger partial charge on any atom is -0.484 e. The fourth-order valence-corrected chi connectivity index (χ4v) is 3.04. The van der Waals surface area contributed by atoms with Crippen LogP contribution in [-0.2, 0) is 13.0 Å². The van der Waals surface area contributed by atoms with Gasteiger partial charge in [-0.3, -0.25) is 0 Å². The van der Waals surface area contributed by atoms with Crippen LogP contribution < -0.4 is 10.1 Å². The van der Waals surface area contributed by atoms with Crippen molar-refractivity contribution >= 4 is 17.3 Å². The van der Waals surface area contributed by atoms with Crippen LogP contribution in [0, 0.1) is 0 Å². The van der Waals surface area contributed by atoms with Crippen molar-refractivity contribution in [1.29, 1.82) is 0 Å². The van der Waals surface area contributed by atoms with Crippen LogP contribution in [-0.4, -0.2) is 16.5 Å². The van der Waals surface area contributed by atoms with Crippen LogP contribution >= 0.6 is 11.3 Å². The average Bonchev–Trinajstić information content (AvgIpc) is 2.82. The van der Waals surface area contributed by atoms with Crippen LogP contribution in [0.5, 0.6) is 5.75 Å². The maximum Gasteiger partial charge on any atom is 0.223 e. The molecule has 5 heteroatoms. The summed E-state index contributed by atoms with van der Waals surface area (Å²) in [6.45, 7) is 5.65. The summed E-state index contributed by atoms with van der Waals surface area (Å²) >= 11 is 1.81. The Kier molecular flexibility index (Phi) is 2.91. The SMILES string of the molecule is CCNc1ncc2c(n1)-c1cc(CC)sc1CO2. The molecule has 0 radical (unpaired) electrons. The zero-order valence-corrected chi connectivity index (χ0v) is 11.3. The summed E-state index contributed by atoms with van der Waals surface area (Å²) in [5.74, 6) is 1.45. The highest BCUT2D eigenvalue weighted by Gasteiger charge is 2.22. The number of nitrogens with zero attached hydrogens (tertiary/aromatic N) is 2. The summed E-state index contributed by atoms with van der Waals surface area (Å²) in [5, 5.41) is 3.13. The molecule has 2 aromatic heterocycles. The maximum absolute atomic E-state index is 5.70. The van der Waals surface area contributed by atoms with Gasteiger partial charge in [0, 0.05) is 17.0 Å². The van der Waals surface area contributed by atoms with E-state index in [0.717, 1.165) is 24.4 Å². The molecule has 3 heterocycles. The fourth-order valence-electron chi connectivity index (χ4n) is 2.02. The Morgan fingerprint density at radius 2 is 2.33 bits per heavy atom. The van der Waals surface area contributed by atoms with E-state index < -0.39 is 0 Å². The summed E-state index contributed by atoms with van der Waals surface area (Å²) in [4.78, 5) is 11.4. The number of nitrogens with one attached hydrogen (secondary N) is 1. The van der Waals surface area contributed by atoms with Gasteiger partial charge in [-0.2, -0.15) is 0 Å². The number of hydrogen-bond donors (Lipinski definition) is 1. The van der Waals surface area contributed by atoms with Crippen LogP contribution in [0.25, 0.3) is 11.3 Å². The monoisotopic (exact) mass is 261 g/mol. The van der Waals surface area contributed by atoms with Gasteiger partial charge in [-0.05, 0) is 19.4 Å². The molecule has 0 aromatic carbocycles. The number of aromatic nitrogens is 2. The number of hydrogen-bond acceptors (Lipinski definition) is 5. The number of ether oxygens (including phenoxy) is 1. The maximum atomic E-state index is 5.70. The van der Waals surface area contributed by atoms with E-state index in [1.807, 2.05) is 18.3 Å². The molecule has 1 aliphatic rings. The standard InChI is InChI=1S/C13H15N3OS/c1-3-8-5-9-11(18-8)7-17-10-6-15-13(14-4-2)16-12(9)10/h5-6H,3-4,7H2,1-2H3,(H,14,15,16). The topological polar surface area (TPSA) is 47.0 Å². The van der Waals surface area contributed by atoms with Gasteiger partial charge in [0.1, 0.15) is 12.3 Å². The van der Waals surface area contributed by atoms with E-state index in [0.29, 0.717) is 12.6 Å². The van der Waals surface area contributed by atoms with Crippen molar-refractivity contribution in [2.24, 2.45) is 0 Å². The molecule has 3 rings (SSSR count). The summed E-state index contributed by atoms with van der Waals surface area (Å²) in [6.07, 6.45) is 2.81. The van der Waals surface area contributed by atoms with Gasteiger partial charge in [-0.25, -0.2) is 9.97 Å². The van der Waals surface area contributed by atoms with Crippen LogP contribution in [0.3, 0.4) is 0 Å². The zero-order chi connectivity index (χ0) is 12.5. The van der Waals surface area contributed by atoms with E-state index >= 15 is 0 Å². The summed E-state index contributed by atoms with van der Waals surface area (Å²) in [5.41, 5.74) is 2.12. The minimum atomic E-state index is 0.636. The van der Waals surface area contributed by atoms with Crippen LogP contribution in [0.4, 0.5) is 5.95 Å². The molecule has 0 atom stereocenters. The molecule has 0 saturated heterocycles. The number of fused-ring (bicyclic) bond motifs is 3. The molecule has 1 aliphatic heterocycles. The van der Waals surface area contributed by atoms with Crippen LogP contribution in [0.2, 0.25) is 0 Å². The second-order valence-corrected chi connectivity index (χ2v) is 5.35. The molecule has 2 aromatic rings. The van der Waals surface area contributed by atoms with Gasteiger partial charge in [0.25, 0.3) is 0 Å². The van der Waals surface area contributed by atoms with Gasteiger partial charge < -0.3 is 10.1 Å². The van der Waals surface area contributed by atoms with E-state index in [4.69, 9.17) is 4.74 Å². The number of rotatable bonds is 3. The van der Waals surface area contributed by atoms with Crippen molar-refractivity contribution in [1.82, 2.24) is 9.97 Å². The Bertz CT molecular complexity index is 580. The Labute approximate surface area is 110 Å². The molecular weight excluding hydrogens is 246 g/mol. The molecule has 0 fully saturated rings. The minimum absolute atomic E-state index is 0.636. The molecule has 1 N–H and O–H groups in total. The summed E-state index contributed by atoms with van der Waals surface area (Å²) < 4.78 is 5.70. The average molecular weight is 261 g/mol. The zero-order valence-electron chi connectivity index (χ0n) is 10.5. The smallest absolute Gasteiger partial charge is 0.223 e. The van der Waals surface area contributed by atoms with Gasteiger partial charge >= 0.3 is 0 Å². The molecule has 94 valence electrons. The van der Waals surface area contributed by atoms with Crippen molar-refractivity contribution in [2.75, 3.05) is 11.9 Å². The number of thiophene rings is 1. The predicted octanol–water partition coefficient (Wildman–Crippen LogP) is 3.09. The molecular formula is C13H15N3OS. The van der Waals surface area contributed by atoms with Crippen LogP contribution in [0.15, 0.2) is 12.3 Å². The van der Waals surface area contributed by atoms with E-state index in [1.54, 1.807) is 6.20 Å². The highest BCUT2D eigenvalue weighted by atomic mass is 32.1. The molecule has 0 amide bonds. The highest BCUT2D eigenvalue weighted by Crippen LogP contribution is 2.40. The van der Waals surface area contributed by atoms with Crippen molar-refractivity contribution in [3.8, 4) is 17.0 Å². The molecule has 18 heavy (non-hydrogen) atoms. The summed E-state index contributed by atoms with van der Waals surface area (Å²) in [6, 6.07) is 2.23. The first-order valence-corrected chi connectivity index (χ1v) is 6.99. The van der Waals surface area contributed by atoms with Gasteiger partial charge in [0.2, 0.25) is 5.95 Å². The first-order chi connectivity index (χ1) is 8.81. The first kappa shape index (κ1) is 11.5. The third-order valence-corrected chi connectivity index (χ3v) is 4.17. The van der Waals surface area contributed by atoms with Crippen LogP contribution in [0.1, 0.15) is 23.6 Å².